The Morgan fingerprint density at radius 2 is 1.67 bits per heavy atom. The van der Waals surface area contributed by atoms with Crippen molar-refractivity contribution in [3.63, 3.8) is 0 Å². The highest BCUT2D eigenvalue weighted by atomic mass is 35.5. The second-order valence-electron chi connectivity index (χ2n) is 3.86. The van der Waals surface area contributed by atoms with E-state index in [9.17, 15) is 0 Å². The molecule has 0 aliphatic heterocycles. The maximum Gasteiger partial charge on any atom is 0.0735 e. The minimum absolute atomic E-state index is 0.0950. The first-order valence-electron chi connectivity index (χ1n) is 5.61. The summed E-state index contributed by atoms with van der Waals surface area (Å²) in [6, 6.07) is 15.8. The highest BCUT2D eigenvalue weighted by molar-refractivity contribution is 7.98. The number of hydrogen-bond donors (Lipinski definition) is 2. The summed E-state index contributed by atoms with van der Waals surface area (Å²) in [5, 5.41) is 0.719. The third-order valence-corrected chi connectivity index (χ3v) is 3.99. The fraction of sp³-hybridized carbons (Fsp3) is 0.143. The van der Waals surface area contributed by atoms with Gasteiger partial charge in [-0.05, 0) is 29.5 Å². The minimum Gasteiger partial charge on any atom is -0.271 e. The van der Waals surface area contributed by atoms with Crippen LogP contribution in [0.25, 0.3) is 0 Å². The summed E-state index contributed by atoms with van der Waals surface area (Å²) in [5.41, 5.74) is 4.98. The highest BCUT2D eigenvalue weighted by Crippen LogP contribution is 2.32. The highest BCUT2D eigenvalue weighted by Gasteiger charge is 2.17. The lowest BCUT2D eigenvalue weighted by atomic mass is 9.99. The van der Waals surface area contributed by atoms with Gasteiger partial charge in [-0.2, -0.15) is 0 Å². The van der Waals surface area contributed by atoms with Gasteiger partial charge in [0.2, 0.25) is 0 Å². The lowest BCUT2D eigenvalue weighted by Gasteiger charge is -2.20. The Bertz CT molecular complexity index is 531. The van der Waals surface area contributed by atoms with Crippen molar-refractivity contribution in [2.75, 3.05) is 6.26 Å². The summed E-state index contributed by atoms with van der Waals surface area (Å²) in [6.45, 7) is 0. The molecule has 2 aromatic rings. The summed E-state index contributed by atoms with van der Waals surface area (Å²) in [4.78, 5) is 1.19. The molecule has 2 rings (SSSR count). The molecule has 0 fully saturated rings. The number of hydrogen-bond acceptors (Lipinski definition) is 3. The number of hydrazine groups is 1. The smallest absolute Gasteiger partial charge is 0.0735 e. The quantitative estimate of drug-likeness (QED) is 0.510. The van der Waals surface area contributed by atoms with E-state index in [4.69, 9.17) is 17.4 Å². The van der Waals surface area contributed by atoms with E-state index in [-0.39, 0.29) is 6.04 Å². The Labute approximate surface area is 117 Å². The monoisotopic (exact) mass is 278 g/mol. The molecule has 94 valence electrons. The van der Waals surface area contributed by atoms with Crippen LogP contribution < -0.4 is 11.3 Å². The normalized spacial score (nSPS) is 12.4. The first-order chi connectivity index (χ1) is 8.77. The molecule has 4 heteroatoms. The summed E-state index contributed by atoms with van der Waals surface area (Å²) >= 11 is 7.94. The van der Waals surface area contributed by atoms with Gasteiger partial charge < -0.3 is 0 Å². The maximum atomic E-state index is 6.24. The summed E-state index contributed by atoms with van der Waals surface area (Å²) < 4.78 is 0. The third-order valence-electron chi connectivity index (χ3n) is 2.83. The Morgan fingerprint density at radius 3 is 2.28 bits per heavy atom. The molecule has 0 heterocycles. The van der Waals surface area contributed by atoms with Crippen LogP contribution in [0.4, 0.5) is 0 Å². The van der Waals surface area contributed by atoms with Gasteiger partial charge in [0.25, 0.3) is 0 Å². The summed E-state index contributed by atoms with van der Waals surface area (Å²) in [7, 11) is 0. The molecule has 0 radical (unpaired) electrons. The first-order valence-corrected chi connectivity index (χ1v) is 7.21. The van der Waals surface area contributed by atoms with E-state index in [0.29, 0.717) is 0 Å². The molecule has 0 bridgehead atoms. The molecular weight excluding hydrogens is 264 g/mol. The van der Waals surface area contributed by atoms with Gasteiger partial charge in [0, 0.05) is 9.92 Å². The van der Waals surface area contributed by atoms with Gasteiger partial charge >= 0.3 is 0 Å². The molecule has 18 heavy (non-hydrogen) atoms. The Balaban J connectivity index is 2.49. The van der Waals surface area contributed by atoms with E-state index < -0.39 is 0 Å². The minimum atomic E-state index is -0.0950. The molecule has 0 saturated carbocycles. The molecule has 3 N–H and O–H groups in total. The zero-order valence-electron chi connectivity index (χ0n) is 10.1. The van der Waals surface area contributed by atoms with Crippen LogP contribution in [0.3, 0.4) is 0 Å². The van der Waals surface area contributed by atoms with Crippen LogP contribution in [0.1, 0.15) is 17.2 Å². The van der Waals surface area contributed by atoms with E-state index in [2.05, 4.69) is 23.8 Å². The van der Waals surface area contributed by atoms with Crippen LogP contribution >= 0.6 is 23.4 Å². The van der Waals surface area contributed by atoms with E-state index in [1.807, 2.05) is 36.4 Å². The predicted octanol–water partition coefficient (Wildman–Crippen LogP) is 3.61. The maximum absolute atomic E-state index is 6.24. The van der Waals surface area contributed by atoms with Gasteiger partial charge in [-0.3, -0.25) is 5.84 Å². The van der Waals surface area contributed by atoms with Gasteiger partial charge in [0.05, 0.1) is 6.04 Å². The fourth-order valence-electron chi connectivity index (χ4n) is 1.96. The van der Waals surface area contributed by atoms with E-state index >= 15 is 0 Å². The summed E-state index contributed by atoms with van der Waals surface area (Å²) in [6.07, 6.45) is 2.05. The Morgan fingerprint density at radius 1 is 1.06 bits per heavy atom. The molecule has 0 aromatic heterocycles. The van der Waals surface area contributed by atoms with E-state index in [1.165, 1.54) is 4.90 Å². The van der Waals surface area contributed by atoms with Crippen molar-refractivity contribution in [1.29, 1.82) is 0 Å². The average molecular weight is 279 g/mol. The number of benzene rings is 2. The lowest BCUT2D eigenvalue weighted by molar-refractivity contribution is 0.628. The number of rotatable bonds is 4. The molecule has 0 spiro atoms. The third kappa shape index (κ3) is 2.70. The van der Waals surface area contributed by atoms with Gasteiger partial charge in [0.1, 0.15) is 0 Å². The van der Waals surface area contributed by atoms with Crippen molar-refractivity contribution in [1.82, 2.24) is 5.43 Å². The molecule has 2 aromatic carbocycles. The zero-order valence-corrected chi connectivity index (χ0v) is 11.6. The van der Waals surface area contributed by atoms with Crippen molar-refractivity contribution < 1.29 is 0 Å². The van der Waals surface area contributed by atoms with Crippen LogP contribution in [0.2, 0.25) is 5.02 Å². The molecule has 0 aliphatic rings. The van der Waals surface area contributed by atoms with Crippen molar-refractivity contribution >= 4 is 23.4 Å². The molecule has 0 amide bonds. The van der Waals surface area contributed by atoms with E-state index in [1.54, 1.807) is 11.8 Å². The van der Waals surface area contributed by atoms with Gasteiger partial charge in [-0.1, -0.05) is 48.0 Å². The molecular formula is C14H15ClN2S. The van der Waals surface area contributed by atoms with Crippen molar-refractivity contribution in [2.45, 2.75) is 10.9 Å². The second-order valence-corrected chi connectivity index (χ2v) is 5.12. The Kier molecular flexibility index (Phi) is 4.66. The van der Waals surface area contributed by atoms with Crippen molar-refractivity contribution in [3.8, 4) is 0 Å². The lowest BCUT2D eigenvalue weighted by Crippen LogP contribution is -2.29. The standard InChI is InChI=1S/C14H15ClN2S/c1-18-13-9-5-3-7-11(13)14(17-16)10-6-2-4-8-12(10)15/h2-9,14,17H,16H2,1H3. The summed E-state index contributed by atoms with van der Waals surface area (Å²) in [5.74, 6) is 5.71. The van der Waals surface area contributed by atoms with Crippen LogP contribution in [0.15, 0.2) is 53.4 Å². The van der Waals surface area contributed by atoms with Gasteiger partial charge in [0.15, 0.2) is 0 Å². The molecule has 1 atom stereocenters. The number of nitrogens with one attached hydrogen (secondary N) is 1. The van der Waals surface area contributed by atoms with Crippen LogP contribution in [0.5, 0.6) is 0 Å². The number of thioether (sulfide) groups is 1. The average Bonchev–Trinajstić information content (AvgIpc) is 2.42. The number of nitrogens with two attached hydrogens (primary N) is 1. The van der Waals surface area contributed by atoms with Crippen molar-refractivity contribution in [3.05, 3.63) is 64.7 Å². The first kappa shape index (κ1) is 13.4. The topological polar surface area (TPSA) is 38.0 Å². The zero-order chi connectivity index (χ0) is 13.0. The molecule has 0 saturated heterocycles. The fourth-order valence-corrected chi connectivity index (χ4v) is 2.84. The van der Waals surface area contributed by atoms with Gasteiger partial charge in [-0.25, -0.2) is 5.43 Å². The van der Waals surface area contributed by atoms with Crippen LogP contribution in [-0.2, 0) is 0 Å². The van der Waals surface area contributed by atoms with Crippen molar-refractivity contribution in [2.24, 2.45) is 5.84 Å². The SMILES string of the molecule is CSc1ccccc1C(NN)c1ccccc1Cl. The van der Waals surface area contributed by atoms with Gasteiger partial charge in [-0.15, -0.1) is 11.8 Å². The predicted molar refractivity (Wildman–Crippen MR) is 78.8 cm³/mol. The van der Waals surface area contributed by atoms with E-state index in [0.717, 1.165) is 16.1 Å². The molecule has 0 aliphatic carbocycles. The van der Waals surface area contributed by atoms with Crippen LogP contribution in [-0.4, -0.2) is 6.26 Å². The number of halogens is 1. The van der Waals surface area contributed by atoms with Crippen LogP contribution in [0, 0.1) is 0 Å². The largest absolute Gasteiger partial charge is 0.271 e. The Hall–Kier alpha value is -1.00. The molecule has 2 nitrogen and oxygen atoms in total. The second kappa shape index (κ2) is 6.25. The molecule has 1 unspecified atom stereocenters.